The zero-order valence-electron chi connectivity index (χ0n) is 17.5. The van der Waals surface area contributed by atoms with E-state index in [1.807, 2.05) is 18.2 Å². The summed E-state index contributed by atoms with van der Waals surface area (Å²) in [5.74, 6) is -0.341. The van der Waals surface area contributed by atoms with Crippen molar-refractivity contribution in [3.05, 3.63) is 42.0 Å². The molecule has 2 amide bonds. The van der Waals surface area contributed by atoms with E-state index in [0.29, 0.717) is 31.6 Å². The van der Waals surface area contributed by atoms with Gasteiger partial charge < -0.3 is 4.90 Å². The first-order chi connectivity index (χ1) is 14.9. The lowest BCUT2D eigenvalue weighted by Gasteiger charge is -2.35. The van der Waals surface area contributed by atoms with Crippen molar-refractivity contribution in [2.75, 3.05) is 44.2 Å². The Hall–Kier alpha value is -2.52. The molecular formula is C22H28N4O4S. The summed E-state index contributed by atoms with van der Waals surface area (Å²) in [6, 6.07) is 9.69. The topological polar surface area (TPSA) is 90.4 Å². The monoisotopic (exact) mass is 444 g/mol. The van der Waals surface area contributed by atoms with Crippen LogP contribution in [0.15, 0.2) is 41.5 Å². The van der Waals surface area contributed by atoms with Gasteiger partial charge in [0, 0.05) is 45.6 Å². The number of hydrogen-bond acceptors (Lipinski definition) is 6. The Morgan fingerprint density at radius 1 is 1.10 bits per heavy atom. The van der Waals surface area contributed by atoms with Gasteiger partial charge in [-0.2, -0.15) is 5.10 Å². The molecule has 0 aromatic heterocycles. The van der Waals surface area contributed by atoms with Crippen molar-refractivity contribution in [2.24, 2.45) is 5.10 Å². The fourth-order valence-corrected chi connectivity index (χ4v) is 5.89. The number of nitrogens with zero attached hydrogens (tertiary/aromatic N) is 4. The SMILES string of the molecule is O=C(C1=NN([C@@H]2CCS(=O)(=O)C2)C(=O)CC1)N1CCN(C/C=C/c2ccccc2)CC1. The molecule has 3 heterocycles. The van der Waals surface area contributed by atoms with E-state index < -0.39 is 15.9 Å². The molecule has 0 spiro atoms. The molecule has 0 unspecified atom stereocenters. The van der Waals surface area contributed by atoms with Crippen molar-refractivity contribution >= 4 is 33.4 Å². The predicted molar refractivity (Wildman–Crippen MR) is 119 cm³/mol. The van der Waals surface area contributed by atoms with E-state index >= 15 is 0 Å². The molecule has 0 bridgehead atoms. The van der Waals surface area contributed by atoms with E-state index in [4.69, 9.17) is 0 Å². The Morgan fingerprint density at radius 2 is 1.84 bits per heavy atom. The van der Waals surface area contributed by atoms with E-state index in [1.54, 1.807) is 4.90 Å². The Bertz CT molecular complexity index is 982. The highest BCUT2D eigenvalue weighted by Gasteiger charge is 2.38. The van der Waals surface area contributed by atoms with Crippen molar-refractivity contribution in [1.29, 1.82) is 0 Å². The van der Waals surface area contributed by atoms with Crippen LogP contribution in [0.25, 0.3) is 6.08 Å². The number of piperazine rings is 1. The fraction of sp³-hybridized carbons (Fsp3) is 0.500. The van der Waals surface area contributed by atoms with Gasteiger partial charge in [-0.3, -0.25) is 14.5 Å². The molecule has 1 aromatic carbocycles. The maximum absolute atomic E-state index is 13.0. The molecule has 4 rings (SSSR count). The fourth-order valence-electron chi connectivity index (χ4n) is 4.20. The van der Waals surface area contributed by atoms with Crippen LogP contribution >= 0.6 is 0 Å². The summed E-state index contributed by atoms with van der Waals surface area (Å²) in [6.45, 7) is 3.62. The second kappa shape index (κ2) is 9.32. The van der Waals surface area contributed by atoms with Gasteiger partial charge in [0.1, 0.15) is 5.71 Å². The third kappa shape index (κ3) is 5.40. The molecule has 0 aliphatic carbocycles. The van der Waals surface area contributed by atoms with E-state index in [2.05, 4.69) is 34.3 Å². The molecule has 166 valence electrons. The van der Waals surface area contributed by atoms with Gasteiger partial charge >= 0.3 is 0 Å². The van der Waals surface area contributed by atoms with Gasteiger partial charge in [0.25, 0.3) is 5.91 Å². The summed E-state index contributed by atoms with van der Waals surface area (Å²) in [5.41, 5.74) is 1.53. The van der Waals surface area contributed by atoms with Gasteiger partial charge in [-0.15, -0.1) is 0 Å². The van der Waals surface area contributed by atoms with Crippen LogP contribution in [0.2, 0.25) is 0 Å². The third-order valence-corrected chi connectivity index (χ3v) is 7.74. The number of amides is 2. The van der Waals surface area contributed by atoms with Crippen LogP contribution in [0.5, 0.6) is 0 Å². The molecule has 0 radical (unpaired) electrons. The average Bonchev–Trinajstić information content (AvgIpc) is 3.14. The van der Waals surface area contributed by atoms with E-state index in [-0.39, 0.29) is 29.7 Å². The van der Waals surface area contributed by atoms with E-state index in [0.717, 1.165) is 19.6 Å². The van der Waals surface area contributed by atoms with Crippen LogP contribution < -0.4 is 0 Å². The summed E-state index contributed by atoms with van der Waals surface area (Å²) in [6.07, 6.45) is 5.13. The minimum atomic E-state index is -3.13. The molecule has 2 saturated heterocycles. The zero-order chi connectivity index (χ0) is 21.8. The van der Waals surface area contributed by atoms with Crippen molar-refractivity contribution in [3.8, 4) is 0 Å². The first-order valence-corrected chi connectivity index (χ1v) is 12.6. The molecule has 31 heavy (non-hydrogen) atoms. The van der Waals surface area contributed by atoms with Gasteiger partial charge in [0.15, 0.2) is 9.84 Å². The van der Waals surface area contributed by atoms with Crippen LogP contribution in [0.4, 0.5) is 0 Å². The molecular weight excluding hydrogens is 416 g/mol. The van der Waals surface area contributed by atoms with E-state index in [9.17, 15) is 18.0 Å². The summed E-state index contributed by atoms with van der Waals surface area (Å²) in [4.78, 5) is 29.3. The molecule has 1 aromatic rings. The van der Waals surface area contributed by atoms with Gasteiger partial charge in [-0.05, 0) is 12.0 Å². The molecule has 3 aliphatic rings. The van der Waals surface area contributed by atoms with Gasteiger partial charge in [0.2, 0.25) is 5.91 Å². The number of carbonyl (C=O) groups excluding carboxylic acids is 2. The molecule has 1 atom stereocenters. The van der Waals surface area contributed by atoms with Crippen molar-refractivity contribution in [2.45, 2.75) is 25.3 Å². The van der Waals surface area contributed by atoms with Gasteiger partial charge in [-0.25, -0.2) is 13.4 Å². The van der Waals surface area contributed by atoms with Crippen LogP contribution in [-0.2, 0) is 19.4 Å². The minimum absolute atomic E-state index is 0.0704. The number of hydrogen-bond donors (Lipinski definition) is 0. The lowest BCUT2D eigenvalue weighted by atomic mass is 10.1. The summed E-state index contributed by atoms with van der Waals surface area (Å²) < 4.78 is 23.5. The molecule has 9 heteroatoms. The van der Waals surface area contributed by atoms with Crippen molar-refractivity contribution in [3.63, 3.8) is 0 Å². The highest BCUT2D eigenvalue weighted by molar-refractivity contribution is 7.91. The normalized spacial score (nSPS) is 24.6. The number of carbonyl (C=O) groups is 2. The Labute approximate surface area is 183 Å². The highest BCUT2D eigenvalue weighted by Crippen LogP contribution is 2.22. The third-order valence-electron chi connectivity index (χ3n) is 5.99. The Morgan fingerprint density at radius 3 is 2.52 bits per heavy atom. The molecule has 0 saturated carbocycles. The van der Waals surface area contributed by atoms with Crippen molar-refractivity contribution < 1.29 is 18.0 Å². The molecule has 8 nitrogen and oxygen atoms in total. The second-order valence-corrected chi connectivity index (χ2v) is 10.5. The quantitative estimate of drug-likeness (QED) is 0.676. The van der Waals surface area contributed by atoms with Crippen LogP contribution in [0.1, 0.15) is 24.8 Å². The maximum Gasteiger partial charge on any atom is 0.270 e. The smallest absolute Gasteiger partial charge is 0.270 e. The predicted octanol–water partition coefficient (Wildman–Crippen LogP) is 1.01. The number of hydrazone groups is 1. The summed E-state index contributed by atoms with van der Waals surface area (Å²) in [7, 11) is -3.13. The van der Waals surface area contributed by atoms with Gasteiger partial charge in [-0.1, -0.05) is 42.5 Å². The standard InChI is InChI=1S/C22H28N4O4S/c27-21-9-8-20(23-26(21)19-10-16-31(29,30)17-19)22(28)25-14-12-24(13-15-25)11-4-7-18-5-2-1-3-6-18/h1-7,19H,8-17H2/b7-4+/t19-/m1/s1. The first-order valence-electron chi connectivity index (χ1n) is 10.7. The lowest BCUT2D eigenvalue weighted by Crippen LogP contribution is -2.52. The summed E-state index contributed by atoms with van der Waals surface area (Å²) in [5, 5.41) is 5.56. The zero-order valence-corrected chi connectivity index (χ0v) is 18.3. The number of benzene rings is 1. The second-order valence-electron chi connectivity index (χ2n) is 8.25. The van der Waals surface area contributed by atoms with Crippen molar-refractivity contribution in [1.82, 2.24) is 14.8 Å². The maximum atomic E-state index is 13.0. The minimum Gasteiger partial charge on any atom is -0.335 e. The number of rotatable bonds is 5. The summed E-state index contributed by atoms with van der Waals surface area (Å²) >= 11 is 0. The highest BCUT2D eigenvalue weighted by atomic mass is 32.2. The average molecular weight is 445 g/mol. The molecule has 2 fully saturated rings. The Balaban J connectivity index is 1.31. The van der Waals surface area contributed by atoms with Crippen LogP contribution in [0.3, 0.4) is 0 Å². The molecule has 0 N–H and O–H groups in total. The molecule has 3 aliphatic heterocycles. The number of sulfone groups is 1. The van der Waals surface area contributed by atoms with Crippen LogP contribution in [0, 0.1) is 0 Å². The first kappa shape index (κ1) is 21.7. The lowest BCUT2D eigenvalue weighted by molar-refractivity contribution is -0.134. The Kier molecular flexibility index (Phi) is 6.52. The van der Waals surface area contributed by atoms with E-state index in [1.165, 1.54) is 10.6 Å². The van der Waals surface area contributed by atoms with Crippen LogP contribution in [-0.4, -0.2) is 91.0 Å². The largest absolute Gasteiger partial charge is 0.335 e. The van der Waals surface area contributed by atoms with Gasteiger partial charge in [0.05, 0.1) is 17.5 Å².